The Bertz CT molecular complexity index is 691. The molecule has 1 amide bonds. The topological polar surface area (TPSA) is 42.0 Å². The number of aromatic nitrogens is 1. The Balaban J connectivity index is 2.21. The Morgan fingerprint density at radius 2 is 1.90 bits per heavy atom. The largest absolute Gasteiger partial charge is 0.345 e. The highest BCUT2D eigenvalue weighted by Crippen LogP contribution is 2.19. The standard InChI is InChI=1S/C14H10F4N2O/c1-7(9-3-2-8(15)6-11(9)16)20-14(21)10-4-5-19-13(18)12(10)17/h2-7H,1H3,(H,20,21). The van der Waals surface area contributed by atoms with Crippen molar-refractivity contribution < 1.29 is 22.4 Å². The van der Waals surface area contributed by atoms with Gasteiger partial charge < -0.3 is 5.32 Å². The van der Waals surface area contributed by atoms with Crippen LogP contribution in [0.2, 0.25) is 0 Å². The Kier molecular flexibility index (Phi) is 4.21. The molecule has 2 rings (SSSR count). The maximum Gasteiger partial charge on any atom is 0.254 e. The number of carbonyl (C=O) groups is 1. The fraction of sp³-hybridized carbons (Fsp3) is 0.143. The molecule has 1 heterocycles. The third kappa shape index (κ3) is 3.18. The molecule has 1 aromatic heterocycles. The van der Waals surface area contributed by atoms with E-state index in [1.165, 1.54) is 13.0 Å². The monoisotopic (exact) mass is 298 g/mol. The van der Waals surface area contributed by atoms with Gasteiger partial charge in [-0.1, -0.05) is 6.07 Å². The summed E-state index contributed by atoms with van der Waals surface area (Å²) in [4.78, 5) is 14.9. The molecule has 2 aromatic rings. The Morgan fingerprint density at radius 1 is 1.19 bits per heavy atom. The van der Waals surface area contributed by atoms with E-state index in [9.17, 15) is 22.4 Å². The lowest BCUT2D eigenvalue weighted by molar-refractivity contribution is 0.0934. The number of amides is 1. The predicted molar refractivity (Wildman–Crippen MR) is 66.4 cm³/mol. The van der Waals surface area contributed by atoms with Gasteiger partial charge in [0.15, 0.2) is 5.82 Å². The number of halogens is 4. The summed E-state index contributed by atoms with van der Waals surface area (Å²) in [6, 6.07) is 3.02. The van der Waals surface area contributed by atoms with E-state index in [2.05, 4.69) is 10.3 Å². The average molecular weight is 298 g/mol. The number of rotatable bonds is 3. The van der Waals surface area contributed by atoms with Gasteiger partial charge in [0.25, 0.3) is 5.91 Å². The van der Waals surface area contributed by atoms with Crippen LogP contribution in [0.1, 0.15) is 28.9 Å². The van der Waals surface area contributed by atoms with Crippen LogP contribution >= 0.6 is 0 Å². The van der Waals surface area contributed by atoms with E-state index in [4.69, 9.17) is 0 Å². The summed E-state index contributed by atoms with van der Waals surface area (Å²) in [6.07, 6.45) is 0.941. The fourth-order valence-electron chi connectivity index (χ4n) is 1.80. The van der Waals surface area contributed by atoms with Crippen molar-refractivity contribution in [2.75, 3.05) is 0 Å². The number of nitrogens with zero attached hydrogens (tertiary/aromatic N) is 1. The Hall–Kier alpha value is -2.44. The van der Waals surface area contributed by atoms with Gasteiger partial charge in [-0.05, 0) is 19.1 Å². The normalized spacial score (nSPS) is 12.0. The summed E-state index contributed by atoms with van der Waals surface area (Å²) in [6.45, 7) is 1.43. The molecule has 0 spiro atoms. The summed E-state index contributed by atoms with van der Waals surface area (Å²) < 4.78 is 52.7. The summed E-state index contributed by atoms with van der Waals surface area (Å²) in [5.41, 5.74) is -0.517. The minimum Gasteiger partial charge on any atom is -0.345 e. The van der Waals surface area contributed by atoms with Crippen molar-refractivity contribution in [3.05, 3.63) is 65.0 Å². The van der Waals surface area contributed by atoms with Gasteiger partial charge in [0, 0.05) is 17.8 Å². The average Bonchev–Trinajstić information content (AvgIpc) is 2.41. The van der Waals surface area contributed by atoms with E-state index in [1.54, 1.807) is 0 Å². The SMILES string of the molecule is CC(NC(=O)c1ccnc(F)c1F)c1ccc(F)cc1F. The van der Waals surface area contributed by atoms with Crippen molar-refractivity contribution in [2.24, 2.45) is 0 Å². The molecule has 1 N–H and O–H groups in total. The van der Waals surface area contributed by atoms with Crippen LogP contribution in [0.4, 0.5) is 17.6 Å². The molecule has 0 fully saturated rings. The quantitative estimate of drug-likeness (QED) is 0.699. The van der Waals surface area contributed by atoms with Gasteiger partial charge in [-0.25, -0.2) is 18.2 Å². The zero-order chi connectivity index (χ0) is 15.6. The third-order valence-corrected chi connectivity index (χ3v) is 2.87. The van der Waals surface area contributed by atoms with Crippen molar-refractivity contribution in [3.63, 3.8) is 0 Å². The zero-order valence-electron chi connectivity index (χ0n) is 10.8. The molecule has 110 valence electrons. The zero-order valence-corrected chi connectivity index (χ0v) is 10.8. The van der Waals surface area contributed by atoms with Gasteiger partial charge in [-0.15, -0.1) is 0 Å². The highest BCUT2D eigenvalue weighted by molar-refractivity contribution is 5.94. The predicted octanol–water partition coefficient (Wildman–Crippen LogP) is 3.13. The maximum absolute atomic E-state index is 13.6. The molecular weight excluding hydrogens is 288 g/mol. The first-order valence-electron chi connectivity index (χ1n) is 5.96. The molecule has 0 radical (unpaired) electrons. The van der Waals surface area contributed by atoms with Crippen molar-refractivity contribution in [2.45, 2.75) is 13.0 Å². The highest BCUT2D eigenvalue weighted by Gasteiger charge is 2.19. The van der Waals surface area contributed by atoms with Crippen molar-refractivity contribution in [3.8, 4) is 0 Å². The van der Waals surface area contributed by atoms with Crippen LogP contribution in [0.25, 0.3) is 0 Å². The second kappa shape index (κ2) is 5.90. The summed E-state index contributed by atoms with van der Waals surface area (Å²) in [7, 11) is 0. The maximum atomic E-state index is 13.6. The van der Waals surface area contributed by atoms with Crippen LogP contribution in [0.3, 0.4) is 0 Å². The summed E-state index contributed by atoms with van der Waals surface area (Å²) in [5.74, 6) is -5.31. The van der Waals surface area contributed by atoms with E-state index in [0.29, 0.717) is 6.07 Å². The fourth-order valence-corrected chi connectivity index (χ4v) is 1.80. The molecule has 0 bridgehead atoms. The number of hydrogen-bond donors (Lipinski definition) is 1. The molecule has 0 saturated heterocycles. The molecule has 0 aliphatic heterocycles. The van der Waals surface area contributed by atoms with Crippen molar-refractivity contribution >= 4 is 5.91 Å². The lowest BCUT2D eigenvalue weighted by Crippen LogP contribution is -2.28. The lowest BCUT2D eigenvalue weighted by Gasteiger charge is -2.15. The summed E-state index contributed by atoms with van der Waals surface area (Å²) >= 11 is 0. The van der Waals surface area contributed by atoms with Gasteiger partial charge in [0.1, 0.15) is 11.6 Å². The lowest BCUT2D eigenvalue weighted by atomic mass is 10.1. The van der Waals surface area contributed by atoms with E-state index in [-0.39, 0.29) is 5.56 Å². The number of benzene rings is 1. The van der Waals surface area contributed by atoms with Gasteiger partial charge in [-0.3, -0.25) is 4.79 Å². The van der Waals surface area contributed by atoms with E-state index in [0.717, 1.165) is 18.3 Å². The van der Waals surface area contributed by atoms with Crippen molar-refractivity contribution in [1.29, 1.82) is 0 Å². The van der Waals surface area contributed by atoms with E-state index >= 15 is 0 Å². The number of hydrogen-bond acceptors (Lipinski definition) is 2. The molecular formula is C14H10F4N2O. The second-order valence-electron chi connectivity index (χ2n) is 4.32. The third-order valence-electron chi connectivity index (χ3n) is 2.87. The summed E-state index contributed by atoms with van der Waals surface area (Å²) in [5, 5.41) is 2.30. The number of carbonyl (C=O) groups excluding carboxylic acids is 1. The molecule has 0 aliphatic rings. The van der Waals surface area contributed by atoms with Gasteiger partial charge in [0.2, 0.25) is 5.95 Å². The van der Waals surface area contributed by atoms with Crippen LogP contribution < -0.4 is 5.32 Å². The first-order valence-corrected chi connectivity index (χ1v) is 5.96. The number of nitrogens with one attached hydrogen (secondary N) is 1. The van der Waals surface area contributed by atoms with Crippen LogP contribution in [0.5, 0.6) is 0 Å². The van der Waals surface area contributed by atoms with Crippen LogP contribution in [0.15, 0.2) is 30.5 Å². The molecule has 21 heavy (non-hydrogen) atoms. The molecule has 1 atom stereocenters. The Labute approximate surface area is 117 Å². The van der Waals surface area contributed by atoms with E-state index in [1.807, 2.05) is 0 Å². The van der Waals surface area contributed by atoms with Gasteiger partial charge >= 0.3 is 0 Å². The van der Waals surface area contributed by atoms with Crippen molar-refractivity contribution in [1.82, 2.24) is 10.3 Å². The highest BCUT2D eigenvalue weighted by atomic mass is 19.2. The Morgan fingerprint density at radius 3 is 2.57 bits per heavy atom. The smallest absolute Gasteiger partial charge is 0.254 e. The second-order valence-corrected chi connectivity index (χ2v) is 4.32. The van der Waals surface area contributed by atoms with Crippen LogP contribution in [-0.2, 0) is 0 Å². The first-order chi connectivity index (χ1) is 9.90. The minimum absolute atomic E-state index is 0.0275. The number of pyridine rings is 1. The van der Waals surface area contributed by atoms with Crippen LogP contribution in [0, 0.1) is 23.4 Å². The molecule has 1 unspecified atom stereocenters. The first kappa shape index (κ1) is 15.0. The molecule has 3 nitrogen and oxygen atoms in total. The van der Waals surface area contributed by atoms with Gasteiger partial charge in [-0.2, -0.15) is 4.39 Å². The molecule has 1 aromatic carbocycles. The minimum atomic E-state index is -1.40. The van der Waals surface area contributed by atoms with E-state index < -0.39 is 40.9 Å². The van der Waals surface area contributed by atoms with Gasteiger partial charge in [0.05, 0.1) is 11.6 Å². The molecule has 0 aliphatic carbocycles. The van der Waals surface area contributed by atoms with Crippen LogP contribution in [-0.4, -0.2) is 10.9 Å². The molecule has 0 saturated carbocycles. The molecule has 7 heteroatoms.